The van der Waals surface area contributed by atoms with E-state index in [0.29, 0.717) is 28.6 Å². The van der Waals surface area contributed by atoms with Crippen LogP contribution in [0.1, 0.15) is 67.6 Å². The van der Waals surface area contributed by atoms with Gasteiger partial charge in [-0.1, -0.05) is 58.7 Å². The molecule has 0 bridgehead atoms. The average molecular weight is 421 g/mol. The molecular weight excluding hydrogens is 392 g/mol. The van der Waals surface area contributed by atoms with Gasteiger partial charge >= 0.3 is 11.9 Å². The lowest BCUT2D eigenvalue weighted by Crippen LogP contribution is -2.15. The number of carbonyl (C=O) groups excluding carboxylic acids is 2. The van der Waals surface area contributed by atoms with Crippen molar-refractivity contribution < 1.29 is 19.1 Å². The first kappa shape index (κ1) is 25.3. The van der Waals surface area contributed by atoms with E-state index >= 15 is 0 Å². The SMILES string of the molecule is CC.CC.CCC#Cc1nc(C(=O)OC)c(OC(=O)c2ccccc2)c2ncccc12. The van der Waals surface area contributed by atoms with Gasteiger partial charge in [-0.2, -0.15) is 0 Å². The molecule has 0 spiro atoms. The molecule has 0 aliphatic rings. The predicted molar refractivity (Wildman–Crippen MR) is 122 cm³/mol. The van der Waals surface area contributed by atoms with Gasteiger partial charge in [0.1, 0.15) is 11.2 Å². The summed E-state index contributed by atoms with van der Waals surface area (Å²) in [5, 5.41) is 0.585. The summed E-state index contributed by atoms with van der Waals surface area (Å²) in [7, 11) is 1.23. The maximum Gasteiger partial charge on any atom is 0.360 e. The summed E-state index contributed by atoms with van der Waals surface area (Å²) >= 11 is 0. The number of rotatable bonds is 3. The van der Waals surface area contributed by atoms with Crippen molar-refractivity contribution in [2.24, 2.45) is 0 Å². The Morgan fingerprint density at radius 3 is 2.26 bits per heavy atom. The molecule has 6 heteroatoms. The van der Waals surface area contributed by atoms with E-state index in [1.807, 2.05) is 34.6 Å². The monoisotopic (exact) mass is 420 g/mol. The summed E-state index contributed by atoms with van der Waals surface area (Å²) in [5.74, 6) is 4.44. The van der Waals surface area contributed by atoms with Gasteiger partial charge in [-0.25, -0.2) is 14.6 Å². The molecule has 6 nitrogen and oxygen atoms in total. The number of methoxy groups -OCH3 is 1. The van der Waals surface area contributed by atoms with E-state index in [1.54, 1.807) is 48.7 Å². The minimum Gasteiger partial charge on any atom is -0.464 e. The second-order valence-corrected chi connectivity index (χ2v) is 5.44. The van der Waals surface area contributed by atoms with Crippen molar-refractivity contribution in [2.75, 3.05) is 7.11 Å². The first-order valence-electron chi connectivity index (χ1n) is 10.3. The van der Waals surface area contributed by atoms with Gasteiger partial charge in [-0.05, 0) is 30.2 Å². The van der Waals surface area contributed by atoms with Crippen molar-refractivity contribution in [3.63, 3.8) is 0 Å². The van der Waals surface area contributed by atoms with Crippen LogP contribution in [-0.4, -0.2) is 29.0 Å². The van der Waals surface area contributed by atoms with Gasteiger partial charge in [0.15, 0.2) is 11.4 Å². The van der Waals surface area contributed by atoms with E-state index < -0.39 is 11.9 Å². The Hall–Kier alpha value is -3.72. The van der Waals surface area contributed by atoms with E-state index in [0.717, 1.165) is 0 Å². The lowest BCUT2D eigenvalue weighted by atomic mass is 10.1. The first-order chi connectivity index (χ1) is 15.2. The quantitative estimate of drug-likeness (QED) is 0.414. The minimum atomic E-state index is -0.738. The molecule has 0 aliphatic heterocycles. The Labute approximate surface area is 183 Å². The van der Waals surface area contributed by atoms with Crippen LogP contribution in [0.15, 0.2) is 48.7 Å². The van der Waals surface area contributed by atoms with Gasteiger partial charge < -0.3 is 9.47 Å². The Balaban J connectivity index is 0.00000113. The second-order valence-electron chi connectivity index (χ2n) is 5.44. The smallest absolute Gasteiger partial charge is 0.360 e. The Kier molecular flexibility index (Phi) is 11.0. The summed E-state index contributed by atoms with van der Waals surface area (Å²) in [5.41, 5.74) is 0.887. The number of esters is 2. The zero-order valence-corrected chi connectivity index (χ0v) is 18.9. The third-order valence-corrected chi connectivity index (χ3v) is 3.68. The van der Waals surface area contributed by atoms with Crippen LogP contribution in [0.5, 0.6) is 5.75 Å². The molecule has 0 saturated heterocycles. The van der Waals surface area contributed by atoms with Gasteiger partial charge in [0.25, 0.3) is 0 Å². The zero-order chi connectivity index (χ0) is 23.2. The summed E-state index contributed by atoms with van der Waals surface area (Å²) in [6.07, 6.45) is 2.17. The molecule has 2 aromatic heterocycles. The lowest BCUT2D eigenvalue weighted by Gasteiger charge is -2.12. The average Bonchev–Trinajstić information content (AvgIpc) is 2.85. The van der Waals surface area contributed by atoms with Crippen LogP contribution in [-0.2, 0) is 4.74 Å². The summed E-state index contributed by atoms with van der Waals surface area (Å²) in [6, 6.07) is 11.9. The van der Waals surface area contributed by atoms with E-state index in [9.17, 15) is 9.59 Å². The number of aromatic nitrogens is 2. The second kappa shape index (κ2) is 13.5. The molecule has 0 saturated carbocycles. The van der Waals surface area contributed by atoms with Crippen molar-refractivity contribution >= 4 is 22.8 Å². The molecule has 2 heterocycles. The number of fused-ring (bicyclic) bond motifs is 1. The van der Waals surface area contributed by atoms with E-state index in [1.165, 1.54) is 7.11 Å². The molecule has 3 aromatic rings. The van der Waals surface area contributed by atoms with Crippen LogP contribution in [0.3, 0.4) is 0 Å². The van der Waals surface area contributed by atoms with Gasteiger partial charge in [-0.3, -0.25) is 4.98 Å². The molecular formula is C25H28N2O4. The highest BCUT2D eigenvalue weighted by molar-refractivity contribution is 6.02. The lowest BCUT2D eigenvalue weighted by molar-refractivity contribution is 0.0586. The van der Waals surface area contributed by atoms with E-state index in [-0.39, 0.29) is 11.4 Å². The number of ether oxygens (including phenoxy) is 2. The highest BCUT2D eigenvalue weighted by atomic mass is 16.5. The number of benzene rings is 1. The number of pyridine rings is 2. The molecule has 3 rings (SSSR count). The molecule has 0 unspecified atom stereocenters. The van der Waals surface area contributed by atoms with Crippen molar-refractivity contribution in [1.29, 1.82) is 0 Å². The highest BCUT2D eigenvalue weighted by Crippen LogP contribution is 2.30. The van der Waals surface area contributed by atoms with E-state index in [4.69, 9.17) is 9.47 Å². The molecule has 0 radical (unpaired) electrons. The maximum atomic E-state index is 12.5. The summed E-state index contributed by atoms with van der Waals surface area (Å²) < 4.78 is 10.3. The van der Waals surface area contributed by atoms with Crippen LogP contribution >= 0.6 is 0 Å². The van der Waals surface area contributed by atoms with Crippen LogP contribution in [0.25, 0.3) is 10.9 Å². The Morgan fingerprint density at radius 2 is 1.65 bits per heavy atom. The number of hydrogen-bond acceptors (Lipinski definition) is 6. The predicted octanol–water partition coefficient (Wildman–Crippen LogP) is 5.45. The van der Waals surface area contributed by atoms with E-state index in [2.05, 4.69) is 21.8 Å². The zero-order valence-electron chi connectivity index (χ0n) is 18.9. The van der Waals surface area contributed by atoms with Gasteiger partial charge in [0, 0.05) is 18.0 Å². The molecule has 0 aliphatic carbocycles. The normalized spacial score (nSPS) is 9.10. The van der Waals surface area contributed by atoms with Gasteiger partial charge in [-0.15, -0.1) is 0 Å². The molecule has 162 valence electrons. The molecule has 1 aromatic carbocycles. The van der Waals surface area contributed by atoms with Crippen LogP contribution in [0, 0.1) is 11.8 Å². The van der Waals surface area contributed by atoms with Crippen LogP contribution in [0.2, 0.25) is 0 Å². The Morgan fingerprint density at radius 1 is 0.968 bits per heavy atom. The van der Waals surface area contributed by atoms with Crippen molar-refractivity contribution in [1.82, 2.24) is 9.97 Å². The molecule has 0 atom stereocenters. The fourth-order valence-electron chi connectivity index (χ4n) is 2.44. The van der Waals surface area contributed by atoms with Crippen LogP contribution < -0.4 is 4.74 Å². The highest BCUT2D eigenvalue weighted by Gasteiger charge is 2.24. The number of carbonyl (C=O) groups is 2. The van der Waals surface area contributed by atoms with Crippen molar-refractivity contribution in [2.45, 2.75) is 41.0 Å². The van der Waals surface area contributed by atoms with Crippen molar-refractivity contribution in [3.8, 4) is 17.6 Å². The molecule has 31 heavy (non-hydrogen) atoms. The third kappa shape index (κ3) is 6.38. The summed E-state index contributed by atoms with van der Waals surface area (Å²) in [4.78, 5) is 33.4. The Bertz CT molecular complexity index is 1070. The summed E-state index contributed by atoms with van der Waals surface area (Å²) in [6.45, 7) is 9.91. The minimum absolute atomic E-state index is 0.0478. The number of nitrogens with zero attached hydrogens (tertiary/aromatic N) is 2. The maximum absolute atomic E-state index is 12.5. The third-order valence-electron chi connectivity index (χ3n) is 3.68. The van der Waals surface area contributed by atoms with Gasteiger partial charge in [0.05, 0.1) is 12.7 Å². The molecule has 0 fully saturated rings. The van der Waals surface area contributed by atoms with Gasteiger partial charge in [0.2, 0.25) is 0 Å². The fourth-order valence-corrected chi connectivity index (χ4v) is 2.44. The fraction of sp³-hybridized carbons (Fsp3) is 0.280. The largest absolute Gasteiger partial charge is 0.464 e. The van der Waals surface area contributed by atoms with Crippen molar-refractivity contribution in [3.05, 3.63) is 65.6 Å². The standard InChI is InChI=1S/C21H16N2O4.2C2H6/c1-3-4-12-16-15-11-8-13-22-17(15)19(18(23-16)21(25)26-2)27-20(24)14-9-6-5-7-10-14;2*1-2/h5-11,13H,3H2,1-2H3;2*1-2H3. The first-order valence-corrected chi connectivity index (χ1v) is 10.3. The van der Waals surface area contributed by atoms with Crippen LogP contribution in [0.4, 0.5) is 0 Å². The molecule has 0 N–H and O–H groups in total. The topological polar surface area (TPSA) is 78.4 Å². The molecule has 0 amide bonds. The number of hydrogen-bond donors (Lipinski definition) is 0.